The van der Waals surface area contributed by atoms with E-state index in [1.807, 2.05) is 53.8 Å². The molecule has 1 fully saturated rings. The lowest BCUT2D eigenvalue weighted by Crippen LogP contribution is -2.57. The van der Waals surface area contributed by atoms with E-state index in [-0.39, 0.29) is 19.4 Å². The molecule has 0 aromatic carbocycles. The molecule has 0 radical (unpaired) electrons. The quantitative estimate of drug-likeness (QED) is 0.231. The first-order chi connectivity index (χ1) is 20.9. The van der Waals surface area contributed by atoms with Gasteiger partial charge in [0.15, 0.2) is 0 Å². The number of piperidine rings is 1. The first kappa shape index (κ1) is 39.9. The number of carbonyl (C=O) groups excluding carboxylic acids is 1. The molecule has 12 heteroatoms. The molecule has 252 valence electrons. The zero-order valence-corrected chi connectivity index (χ0v) is 30.3. The first-order valence-corrected chi connectivity index (χ1v) is 16.3. The molecule has 0 aliphatic carbocycles. The van der Waals surface area contributed by atoms with Crippen LogP contribution in [0.15, 0.2) is 52.0 Å². The molecular formula is C33H53N5O5S2. The van der Waals surface area contributed by atoms with E-state index in [9.17, 15) is 14.4 Å². The lowest BCUT2D eigenvalue weighted by molar-refractivity contribution is -0.140. The van der Waals surface area contributed by atoms with E-state index in [1.54, 1.807) is 47.4 Å². The van der Waals surface area contributed by atoms with Crippen molar-refractivity contribution in [2.75, 3.05) is 26.8 Å². The number of aliphatic hydroxyl groups excluding tert-OH is 1. The van der Waals surface area contributed by atoms with Gasteiger partial charge in [0.1, 0.15) is 15.4 Å². The van der Waals surface area contributed by atoms with Crippen LogP contribution < -0.4 is 11.2 Å². The van der Waals surface area contributed by atoms with E-state index in [0.29, 0.717) is 54.6 Å². The Morgan fingerprint density at radius 2 is 1.80 bits per heavy atom. The third-order valence-corrected chi connectivity index (χ3v) is 8.90. The second-order valence-corrected chi connectivity index (χ2v) is 12.4. The SMILES string of the molecule is C=C/C(CCn1c(=O)n(C(C)(C)C(=O)N2CCCCC2)c(=O)c2c(C)c(-n3cccn3)sc21)=C(\C)OC.CC.CC(C)CO.S. The van der Waals surface area contributed by atoms with Crippen molar-refractivity contribution in [1.29, 1.82) is 0 Å². The second kappa shape index (κ2) is 18.2. The van der Waals surface area contributed by atoms with Gasteiger partial charge < -0.3 is 14.7 Å². The average molecular weight is 664 g/mol. The molecule has 0 saturated carbocycles. The zero-order chi connectivity index (χ0) is 33.2. The molecule has 0 bridgehead atoms. The number of hydrogen-bond acceptors (Lipinski definition) is 7. The molecular weight excluding hydrogens is 611 g/mol. The summed E-state index contributed by atoms with van der Waals surface area (Å²) in [5, 5.41) is 13.7. The summed E-state index contributed by atoms with van der Waals surface area (Å²) in [5.41, 5.74) is -0.707. The highest BCUT2D eigenvalue weighted by atomic mass is 32.1. The Morgan fingerprint density at radius 1 is 1.20 bits per heavy atom. The molecule has 0 atom stereocenters. The molecule has 45 heavy (non-hydrogen) atoms. The molecule has 0 spiro atoms. The number of nitrogens with zero attached hydrogens (tertiary/aromatic N) is 5. The number of carbonyl (C=O) groups is 1. The van der Waals surface area contributed by atoms with E-state index in [2.05, 4.69) is 11.7 Å². The largest absolute Gasteiger partial charge is 0.501 e. The zero-order valence-electron chi connectivity index (χ0n) is 28.5. The number of aliphatic hydroxyl groups is 1. The number of hydrogen-bond donors (Lipinski definition) is 1. The summed E-state index contributed by atoms with van der Waals surface area (Å²) >= 11 is 1.35. The summed E-state index contributed by atoms with van der Waals surface area (Å²) in [4.78, 5) is 44.1. The van der Waals surface area contributed by atoms with Crippen LogP contribution in [0, 0.1) is 12.8 Å². The molecule has 1 aliphatic rings. The van der Waals surface area contributed by atoms with E-state index < -0.39 is 16.8 Å². The Labute approximate surface area is 278 Å². The maximum atomic E-state index is 14.1. The summed E-state index contributed by atoms with van der Waals surface area (Å²) in [6.07, 6.45) is 8.60. The fourth-order valence-electron chi connectivity index (χ4n) is 5.00. The number of aromatic nitrogens is 4. The predicted molar refractivity (Wildman–Crippen MR) is 190 cm³/mol. The van der Waals surface area contributed by atoms with Gasteiger partial charge >= 0.3 is 5.69 Å². The van der Waals surface area contributed by atoms with Crippen LogP contribution in [-0.4, -0.2) is 61.6 Å². The molecule has 1 saturated heterocycles. The monoisotopic (exact) mass is 663 g/mol. The lowest BCUT2D eigenvalue weighted by Gasteiger charge is -2.35. The molecule has 3 aromatic rings. The van der Waals surface area contributed by atoms with Crippen LogP contribution in [0.2, 0.25) is 0 Å². The highest BCUT2D eigenvalue weighted by molar-refractivity contribution is 7.59. The number of fused-ring (bicyclic) bond motifs is 1. The van der Waals surface area contributed by atoms with Gasteiger partial charge in [-0.3, -0.25) is 14.2 Å². The van der Waals surface area contributed by atoms with Gasteiger partial charge in [-0.1, -0.05) is 51.7 Å². The maximum absolute atomic E-state index is 14.1. The van der Waals surface area contributed by atoms with Gasteiger partial charge in [-0.25, -0.2) is 14.0 Å². The minimum atomic E-state index is -1.35. The van der Waals surface area contributed by atoms with E-state index in [4.69, 9.17) is 9.84 Å². The molecule has 0 unspecified atom stereocenters. The molecule has 10 nitrogen and oxygen atoms in total. The molecule has 1 aliphatic heterocycles. The molecule has 3 aromatic heterocycles. The third-order valence-electron chi connectivity index (χ3n) is 7.60. The van der Waals surface area contributed by atoms with Crippen molar-refractivity contribution in [3.63, 3.8) is 0 Å². The number of aryl methyl sites for hydroxylation is 2. The standard InChI is InChI=1S/C27H35N5O4S.C4H10O.C2H6.H2S/c1-7-20(19(3)36-6)12-17-30-24-21(18(2)23(37-24)31-16-11-13-28-31)22(33)32(26(30)35)27(4,5)25(34)29-14-9-8-10-15-29;1-4(2)3-5;1-2;/h7,11,13,16H,1,8-10,12,14-15,17H2,2-6H3;4-5H,3H2,1-2H3;1-2H3;1H2/b20-19-;;;. The number of allylic oxidation sites excluding steroid dienone is 3. The molecule has 4 heterocycles. The summed E-state index contributed by atoms with van der Waals surface area (Å²) in [6, 6.07) is 1.81. The number of thiophene rings is 1. The predicted octanol–water partition coefficient (Wildman–Crippen LogP) is 5.74. The van der Waals surface area contributed by atoms with Gasteiger partial charge in [0.2, 0.25) is 5.91 Å². The van der Waals surface area contributed by atoms with Crippen molar-refractivity contribution in [3.05, 3.63) is 68.8 Å². The van der Waals surface area contributed by atoms with Crippen LogP contribution in [0.1, 0.15) is 79.7 Å². The van der Waals surface area contributed by atoms with Crippen molar-refractivity contribution in [3.8, 4) is 5.00 Å². The Bertz CT molecular complexity index is 1540. The van der Waals surface area contributed by atoms with Gasteiger partial charge in [0.05, 0.1) is 18.3 Å². The molecule has 1 N–H and O–H groups in total. The molecule has 4 rings (SSSR count). The van der Waals surface area contributed by atoms with Crippen molar-refractivity contribution >= 4 is 41.0 Å². The smallest absolute Gasteiger partial charge is 0.333 e. The Kier molecular flexibility index (Phi) is 16.1. The van der Waals surface area contributed by atoms with Gasteiger partial charge in [-0.15, -0.1) is 0 Å². The molecule has 1 amide bonds. The number of rotatable bonds is 9. The number of ether oxygens (including phenoxy) is 1. The van der Waals surface area contributed by atoms with Crippen LogP contribution in [0.5, 0.6) is 0 Å². The minimum Gasteiger partial charge on any atom is -0.501 e. The Hall–Kier alpha value is -3.09. The summed E-state index contributed by atoms with van der Waals surface area (Å²) < 4.78 is 9.85. The van der Waals surface area contributed by atoms with Crippen molar-refractivity contribution < 1.29 is 14.6 Å². The number of likely N-dealkylation sites (tertiary alicyclic amines) is 1. The van der Waals surface area contributed by atoms with Crippen molar-refractivity contribution in [1.82, 2.24) is 23.8 Å². The van der Waals surface area contributed by atoms with E-state index >= 15 is 0 Å². The maximum Gasteiger partial charge on any atom is 0.333 e. The lowest BCUT2D eigenvalue weighted by atomic mass is 10.00. The van der Waals surface area contributed by atoms with Crippen molar-refractivity contribution in [2.24, 2.45) is 5.92 Å². The number of methoxy groups -OCH3 is 1. The summed E-state index contributed by atoms with van der Waals surface area (Å²) in [6.45, 7) is 20.8. The van der Waals surface area contributed by atoms with Gasteiger partial charge in [-0.2, -0.15) is 18.6 Å². The topological polar surface area (TPSA) is 112 Å². The Balaban J connectivity index is 0.00000115. The van der Waals surface area contributed by atoms with Gasteiger partial charge in [0, 0.05) is 44.2 Å². The average Bonchev–Trinajstić information content (AvgIpc) is 3.68. The van der Waals surface area contributed by atoms with Gasteiger partial charge in [0.25, 0.3) is 5.56 Å². The van der Waals surface area contributed by atoms with Crippen LogP contribution in [0.4, 0.5) is 0 Å². The number of amides is 1. The minimum absolute atomic E-state index is 0. The van der Waals surface area contributed by atoms with Crippen LogP contribution in [0.25, 0.3) is 15.2 Å². The van der Waals surface area contributed by atoms with E-state index in [1.165, 1.54) is 11.3 Å². The van der Waals surface area contributed by atoms with Crippen LogP contribution >= 0.6 is 24.8 Å². The van der Waals surface area contributed by atoms with Crippen molar-refractivity contribution in [2.45, 2.75) is 93.2 Å². The highest BCUT2D eigenvalue weighted by Gasteiger charge is 2.38. The second-order valence-electron chi connectivity index (χ2n) is 11.5. The summed E-state index contributed by atoms with van der Waals surface area (Å²) in [7, 11) is 1.59. The van der Waals surface area contributed by atoms with Crippen LogP contribution in [0.3, 0.4) is 0 Å². The fourth-order valence-corrected chi connectivity index (χ4v) is 6.26. The van der Waals surface area contributed by atoms with E-state index in [0.717, 1.165) is 40.0 Å². The normalized spacial score (nSPS) is 13.6. The summed E-state index contributed by atoms with van der Waals surface area (Å²) in [5.74, 6) is 0.946. The first-order valence-electron chi connectivity index (χ1n) is 15.5. The third kappa shape index (κ3) is 9.01. The van der Waals surface area contributed by atoms with Gasteiger partial charge in [-0.05, 0) is 70.9 Å². The van der Waals surface area contributed by atoms with Crippen LogP contribution in [-0.2, 0) is 21.6 Å². The Morgan fingerprint density at radius 3 is 2.29 bits per heavy atom. The fraction of sp³-hybridized carbons (Fsp3) is 0.576. The highest BCUT2D eigenvalue weighted by Crippen LogP contribution is 2.32.